The van der Waals surface area contributed by atoms with Crippen molar-refractivity contribution < 1.29 is 9.57 Å². The normalized spacial score (nSPS) is 27.2. The molecule has 1 aliphatic heterocycles. The van der Waals surface area contributed by atoms with Gasteiger partial charge in [-0.3, -0.25) is 0 Å². The molecule has 0 bridgehead atoms. The van der Waals surface area contributed by atoms with Gasteiger partial charge < -0.3 is 9.57 Å². The highest BCUT2D eigenvalue weighted by Crippen LogP contribution is 2.28. The Bertz CT molecular complexity index is 201. The van der Waals surface area contributed by atoms with Crippen LogP contribution < -0.4 is 0 Å². The van der Waals surface area contributed by atoms with Gasteiger partial charge in [-0.2, -0.15) is 0 Å². The fourth-order valence-corrected chi connectivity index (χ4v) is 2.06. The van der Waals surface area contributed by atoms with Crippen molar-refractivity contribution in [2.24, 2.45) is 5.16 Å². The van der Waals surface area contributed by atoms with Gasteiger partial charge in [0.25, 0.3) is 0 Å². The van der Waals surface area contributed by atoms with Crippen molar-refractivity contribution in [1.82, 2.24) is 0 Å². The number of rotatable bonds is 4. The van der Waals surface area contributed by atoms with Crippen LogP contribution in [0.25, 0.3) is 0 Å². The molecule has 76 valence electrons. The van der Waals surface area contributed by atoms with Gasteiger partial charge in [0.05, 0.1) is 12.5 Å². The topological polar surface area (TPSA) is 30.8 Å². The van der Waals surface area contributed by atoms with Crippen LogP contribution in [0.3, 0.4) is 0 Å². The molecule has 0 radical (unpaired) electrons. The molecule has 0 saturated carbocycles. The lowest BCUT2D eigenvalue weighted by Crippen LogP contribution is -2.26. The van der Waals surface area contributed by atoms with Crippen LogP contribution in [-0.2, 0) is 9.57 Å². The number of ether oxygens (including phenoxy) is 1. The van der Waals surface area contributed by atoms with E-state index in [0.29, 0.717) is 5.88 Å². The molecule has 1 unspecified atom stereocenters. The lowest BCUT2D eigenvalue weighted by Gasteiger charge is -2.16. The van der Waals surface area contributed by atoms with E-state index in [1.807, 2.05) is 6.92 Å². The second-order valence-electron chi connectivity index (χ2n) is 3.18. The molecule has 13 heavy (non-hydrogen) atoms. The van der Waals surface area contributed by atoms with Gasteiger partial charge >= 0.3 is 0 Å². The number of hydrogen-bond acceptors (Lipinski definition) is 4. The zero-order chi connectivity index (χ0) is 9.73. The largest absolute Gasteiger partial charge is 0.387 e. The molecule has 0 fully saturated rings. The molecule has 0 aromatic rings. The van der Waals surface area contributed by atoms with Gasteiger partial charge in [0, 0.05) is 19.3 Å². The van der Waals surface area contributed by atoms with Gasteiger partial charge in [-0.25, -0.2) is 0 Å². The maximum absolute atomic E-state index is 5.74. The Labute approximate surface area is 87.8 Å². The minimum atomic E-state index is -0.295. The molecule has 0 aromatic carbocycles. The van der Waals surface area contributed by atoms with Crippen LogP contribution in [0.5, 0.6) is 0 Å². The average molecular weight is 224 g/mol. The smallest absolute Gasteiger partial charge is 0.154 e. The highest BCUT2D eigenvalue weighted by Gasteiger charge is 2.33. The molecular weight excluding hydrogens is 210 g/mol. The quantitative estimate of drug-likeness (QED) is 0.540. The minimum absolute atomic E-state index is 0.295. The van der Waals surface area contributed by atoms with Gasteiger partial charge in [-0.15, -0.1) is 23.4 Å². The summed E-state index contributed by atoms with van der Waals surface area (Å²) in [6.07, 6.45) is 0.810. The third-order valence-electron chi connectivity index (χ3n) is 1.73. The molecule has 0 spiro atoms. The summed E-state index contributed by atoms with van der Waals surface area (Å²) < 4.78 is 4.94. The third-order valence-corrected chi connectivity index (χ3v) is 3.22. The van der Waals surface area contributed by atoms with Crippen molar-refractivity contribution in [3.05, 3.63) is 0 Å². The van der Waals surface area contributed by atoms with Gasteiger partial charge in [-0.1, -0.05) is 5.16 Å². The Morgan fingerprint density at radius 3 is 3.08 bits per heavy atom. The van der Waals surface area contributed by atoms with Crippen LogP contribution in [0.2, 0.25) is 0 Å². The monoisotopic (exact) mass is 223 g/mol. The first-order chi connectivity index (χ1) is 6.20. The van der Waals surface area contributed by atoms with Crippen LogP contribution in [-0.4, -0.2) is 36.0 Å². The second-order valence-corrected chi connectivity index (χ2v) is 4.61. The number of nitrogens with zero attached hydrogens (tertiary/aromatic N) is 1. The molecule has 3 nitrogen and oxygen atoms in total. The summed E-state index contributed by atoms with van der Waals surface area (Å²) in [5, 5.41) is 4.99. The Morgan fingerprint density at radius 1 is 1.77 bits per heavy atom. The van der Waals surface area contributed by atoms with E-state index in [4.69, 9.17) is 21.2 Å². The summed E-state index contributed by atoms with van der Waals surface area (Å²) in [7, 11) is 1.69. The summed E-state index contributed by atoms with van der Waals surface area (Å²) >= 11 is 7.41. The molecule has 0 aliphatic carbocycles. The van der Waals surface area contributed by atoms with Gasteiger partial charge in [0.1, 0.15) is 5.04 Å². The first-order valence-electron chi connectivity index (χ1n) is 4.13. The summed E-state index contributed by atoms with van der Waals surface area (Å²) in [6, 6.07) is 0. The number of hydrogen-bond donors (Lipinski definition) is 0. The fourth-order valence-electron chi connectivity index (χ4n) is 0.937. The molecule has 1 aliphatic rings. The van der Waals surface area contributed by atoms with Crippen molar-refractivity contribution in [2.45, 2.75) is 18.9 Å². The zero-order valence-corrected chi connectivity index (χ0v) is 9.45. The summed E-state index contributed by atoms with van der Waals surface area (Å²) in [5.41, 5.74) is -0.295. The Morgan fingerprint density at radius 2 is 2.54 bits per heavy atom. The van der Waals surface area contributed by atoms with Crippen LogP contribution in [0.4, 0.5) is 0 Å². The maximum atomic E-state index is 5.74. The van der Waals surface area contributed by atoms with Gasteiger partial charge in [-0.05, 0) is 6.92 Å². The van der Waals surface area contributed by atoms with Crippen LogP contribution in [0.15, 0.2) is 5.16 Å². The van der Waals surface area contributed by atoms with E-state index in [2.05, 4.69) is 5.16 Å². The van der Waals surface area contributed by atoms with E-state index < -0.39 is 0 Å². The highest BCUT2D eigenvalue weighted by molar-refractivity contribution is 8.13. The SMILES string of the molecule is COCCSC1=NOC(C)(CCl)C1. The molecule has 1 heterocycles. The molecule has 1 rings (SSSR count). The average Bonchev–Trinajstić information content (AvgIpc) is 2.50. The lowest BCUT2D eigenvalue weighted by molar-refractivity contribution is 0.0152. The zero-order valence-electron chi connectivity index (χ0n) is 7.88. The fraction of sp³-hybridized carbons (Fsp3) is 0.875. The number of methoxy groups -OCH3 is 1. The Kier molecular flexibility index (Phi) is 4.35. The molecule has 0 aromatic heterocycles. The summed E-state index contributed by atoms with van der Waals surface area (Å²) in [4.78, 5) is 5.23. The van der Waals surface area contributed by atoms with Crippen molar-refractivity contribution in [3.8, 4) is 0 Å². The maximum Gasteiger partial charge on any atom is 0.154 e. The van der Waals surface area contributed by atoms with Crippen molar-refractivity contribution in [1.29, 1.82) is 0 Å². The van der Waals surface area contributed by atoms with Crippen LogP contribution >= 0.6 is 23.4 Å². The second kappa shape index (κ2) is 5.08. The van der Waals surface area contributed by atoms with E-state index >= 15 is 0 Å². The van der Waals surface area contributed by atoms with E-state index in [-0.39, 0.29) is 5.60 Å². The molecule has 0 N–H and O–H groups in total. The molecule has 0 amide bonds. The molecule has 5 heteroatoms. The van der Waals surface area contributed by atoms with E-state index in [1.54, 1.807) is 18.9 Å². The first-order valence-corrected chi connectivity index (χ1v) is 5.65. The molecule has 0 saturated heterocycles. The number of oxime groups is 1. The van der Waals surface area contributed by atoms with E-state index in [9.17, 15) is 0 Å². The van der Waals surface area contributed by atoms with E-state index in [1.165, 1.54) is 0 Å². The van der Waals surface area contributed by atoms with Crippen LogP contribution in [0.1, 0.15) is 13.3 Å². The Hall–Kier alpha value is 0.0700. The van der Waals surface area contributed by atoms with Crippen molar-refractivity contribution >= 4 is 28.4 Å². The molecular formula is C8H14ClNO2S. The minimum Gasteiger partial charge on any atom is -0.387 e. The van der Waals surface area contributed by atoms with Crippen LogP contribution in [0, 0.1) is 0 Å². The highest BCUT2D eigenvalue weighted by atomic mass is 35.5. The number of halogens is 1. The molecule has 1 atom stereocenters. The van der Waals surface area contributed by atoms with Crippen molar-refractivity contribution in [3.63, 3.8) is 0 Å². The predicted octanol–water partition coefficient (Wildman–Crippen LogP) is 2.10. The van der Waals surface area contributed by atoms with Gasteiger partial charge in [0.15, 0.2) is 5.60 Å². The van der Waals surface area contributed by atoms with Gasteiger partial charge in [0.2, 0.25) is 0 Å². The van der Waals surface area contributed by atoms with E-state index in [0.717, 1.165) is 23.8 Å². The first kappa shape index (κ1) is 11.1. The summed E-state index contributed by atoms with van der Waals surface area (Å²) in [5.74, 6) is 1.39. The lowest BCUT2D eigenvalue weighted by atomic mass is 10.1. The predicted molar refractivity (Wildman–Crippen MR) is 56.6 cm³/mol. The third kappa shape index (κ3) is 3.37. The van der Waals surface area contributed by atoms with Crippen molar-refractivity contribution in [2.75, 3.05) is 25.3 Å². The number of alkyl halides is 1. The summed E-state index contributed by atoms with van der Waals surface area (Å²) in [6.45, 7) is 2.70. The standard InChI is InChI=1S/C8H14ClNO2S/c1-8(6-9)5-7(10-12-8)13-4-3-11-2/h3-6H2,1-2H3. The number of thioether (sulfide) groups is 1. The Balaban J connectivity index is 2.24.